The molecule has 0 aromatic carbocycles. The third-order valence-corrected chi connectivity index (χ3v) is 2.81. The molecule has 15 heavy (non-hydrogen) atoms. The van der Waals surface area contributed by atoms with E-state index in [4.69, 9.17) is 5.11 Å². The average molecular weight is 212 g/mol. The highest BCUT2D eigenvalue weighted by atomic mass is 16.4. The second-order valence-electron chi connectivity index (χ2n) is 4.21. The van der Waals surface area contributed by atoms with E-state index in [1.54, 1.807) is 0 Å². The Morgan fingerprint density at radius 3 is 3.00 bits per heavy atom. The SMILES string of the molecule is C=C(CN1CCCC(CNC)C1)C(=O)O. The quantitative estimate of drug-likeness (QED) is 0.654. The molecule has 2 N–H and O–H groups in total. The number of carboxylic acids is 1. The number of rotatable bonds is 5. The summed E-state index contributed by atoms with van der Waals surface area (Å²) >= 11 is 0. The lowest BCUT2D eigenvalue weighted by atomic mass is 9.97. The van der Waals surface area contributed by atoms with Gasteiger partial charge in [-0.15, -0.1) is 0 Å². The Morgan fingerprint density at radius 2 is 2.40 bits per heavy atom. The van der Waals surface area contributed by atoms with Crippen LogP contribution in [0, 0.1) is 5.92 Å². The van der Waals surface area contributed by atoms with Gasteiger partial charge in [-0.3, -0.25) is 4.90 Å². The Morgan fingerprint density at radius 1 is 1.67 bits per heavy atom. The Bertz CT molecular complexity index is 239. The Labute approximate surface area is 91.0 Å². The molecule has 0 aromatic rings. The minimum atomic E-state index is -0.884. The van der Waals surface area contributed by atoms with E-state index in [0.717, 1.165) is 26.1 Å². The first-order valence-electron chi connectivity index (χ1n) is 5.41. The normalized spacial score (nSPS) is 22.6. The number of piperidine rings is 1. The fourth-order valence-corrected chi connectivity index (χ4v) is 2.09. The molecule has 1 atom stereocenters. The lowest BCUT2D eigenvalue weighted by molar-refractivity contribution is -0.132. The summed E-state index contributed by atoms with van der Waals surface area (Å²) in [5.74, 6) is -0.240. The molecule has 0 bridgehead atoms. The van der Waals surface area contributed by atoms with E-state index >= 15 is 0 Å². The van der Waals surface area contributed by atoms with E-state index in [1.807, 2.05) is 7.05 Å². The fourth-order valence-electron chi connectivity index (χ4n) is 2.09. The van der Waals surface area contributed by atoms with Crippen molar-refractivity contribution in [2.75, 3.05) is 33.2 Å². The number of aliphatic carboxylic acids is 1. The molecule has 0 radical (unpaired) electrons. The Hall–Kier alpha value is -0.870. The van der Waals surface area contributed by atoms with Gasteiger partial charge in [-0.05, 0) is 38.9 Å². The molecule has 0 aliphatic carbocycles. The van der Waals surface area contributed by atoms with Crippen molar-refractivity contribution in [3.63, 3.8) is 0 Å². The van der Waals surface area contributed by atoms with Crippen LogP contribution in [0.25, 0.3) is 0 Å². The van der Waals surface area contributed by atoms with Crippen molar-refractivity contribution in [2.45, 2.75) is 12.8 Å². The lowest BCUT2D eigenvalue weighted by Crippen LogP contribution is -2.40. The number of likely N-dealkylation sites (tertiary alicyclic amines) is 1. The Kier molecular flexibility index (Phi) is 4.78. The second-order valence-corrected chi connectivity index (χ2v) is 4.21. The first-order valence-corrected chi connectivity index (χ1v) is 5.41. The third-order valence-electron chi connectivity index (χ3n) is 2.81. The molecule has 4 nitrogen and oxygen atoms in total. The number of nitrogens with zero attached hydrogens (tertiary/aromatic N) is 1. The van der Waals surface area contributed by atoms with E-state index in [9.17, 15) is 4.79 Å². The summed E-state index contributed by atoms with van der Waals surface area (Å²) in [6, 6.07) is 0. The monoisotopic (exact) mass is 212 g/mol. The minimum absolute atomic E-state index is 0.292. The van der Waals surface area contributed by atoms with Gasteiger partial charge in [0.15, 0.2) is 0 Å². The molecule has 1 saturated heterocycles. The summed E-state index contributed by atoms with van der Waals surface area (Å²) in [4.78, 5) is 12.8. The number of hydrogen-bond acceptors (Lipinski definition) is 3. The summed E-state index contributed by atoms with van der Waals surface area (Å²) in [5, 5.41) is 11.9. The van der Waals surface area contributed by atoms with E-state index < -0.39 is 5.97 Å². The van der Waals surface area contributed by atoms with Crippen LogP contribution in [0.4, 0.5) is 0 Å². The molecular weight excluding hydrogens is 192 g/mol. The molecule has 1 fully saturated rings. The van der Waals surface area contributed by atoms with Crippen molar-refractivity contribution < 1.29 is 9.90 Å². The van der Waals surface area contributed by atoms with Crippen molar-refractivity contribution in [2.24, 2.45) is 5.92 Å². The standard InChI is InChI=1S/C11H20N2O2/c1-9(11(14)15)7-13-5-3-4-10(8-13)6-12-2/h10,12H,1,3-8H2,2H3,(H,14,15). The van der Waals surface area contributed by atoms with Gasteiger partial charge in [-0.1, -0.05) is 6.58 Å². The highest BCUT2D eigenvalue weighted by molar-refractivity contribution is 5.86. The van der Waals surface area contributed by atoms with Crippen LogP contribution in [0.5, 0.6) is 0 Å². The van der Waals surface area contributed by atoms with E-state index in [2.05, 4.69) is 16.8 Å². The number of carboxylic acid groups (broad SMARTS) is 1. The number of carbonyl (C=O) groups is 1. The average Bonchev–Trinajstić information content (AvgIpc) is 2.18. The smallest absolute Gasteiger partial charge is 0.332 e. The van der Waals surface area contributed by atoms with Gasteiger partial charge in [-0.2, -0.15) is 0 Å². The fraction of sp³-hybridized carbons (Fsp3) is 0.727. The molecular formula is C11H20N2O2. The summed E-state index contributed by atoms with van der Waals surface area (Å²) < 4.78 is 0. The van der Waals surface area contributed by atoms with Gasteiger partial charge in [0, 0.05) is 18.7 Å². The summed E-state index contributed by atoms with van der Waals surface area (Å²) in [7, 11) is 1.95. The van der Waals surface area contributed by atoms with E-state index in [0.29, 0.717) is 18.0 Å². The zero-order chi connectivity index (χ0) is 11.3. The maximum Gasteiger partial charge on any atom is 0.332 e. The van der Waals surface area contributed by atoms with Gasteiger partial charge in [-0.25, -0.2) is 4.79 Å². The molecule has 86 valence electrons. The van der Waals surface area contributed by atoms with Gasteiger partial charge in [0.2, 0.25) is 0 Å². The molecule has 1 aliphatic rings. The van der Waals surface area contributed by atoms with Crippen molar-refractivity contribution in [1.29, 1.82) is 0 Å². The van der Waals surface area contributed by atoms with Crippen LogP contribution in [-0.4, -0.2) is 49.2 Å². The third kappa shape index (κ3) is 4.01. The first-order chi connectivity index (χ1) is 7.13. The van der Waals surface area contributed by atoms with Crippen LogP contribution < -0.4 is 5.32 Å². The highest BCUT2D eigenvalue weighted by Crippen LogP contribution is 2.16. The van der Waals surface area contributed by atoms with Crippen LogP contribution in [0.15, 0.2) is 12.2 Å². The van der Waals surface area contributed by atoms with Gasteiger partial charge in [0.1, 0.15) is 0 Å². The van der Waals surface area contributed by atoms with Crippen LogP contribution >= 0.6 is 0 Å². The van der Waals surface area contributed by atoms with Gasteiger partial charge >= 0.3 is 5.97 Å². The molecule has 1 unspecified atom stereocenters. The number of hydrogen-bond donors (Lipinski definition) is 2. The van der Waals surface area contributed by atoms with Crippen molar-refractivity contribution >= 4 is 5.97 Å². The van der Waals surface area contributed by atoms with Crippen molar-refractivity contribution in [1.82, 2.24) is 10.2 Å². The van der Waals surface area contributed by atoms with E-state index in [-0.39, 0.29) is 0 Å². The molecule has 1 aliphatic heterocycles. The molecule has 0 spiro atoms. The maximum absolute atomic E-state index is 10.6. The maximum atomic E-state index is 10.6. The lowest BCUT2D eigenvalue weighted by Gasteiger charge is -2.32. The highest BCUT2D eigenvalue weighted by Gasteiger charge is 2.20. The molecule has 0 saturated carbocycles. The van der Waals surface area contributed by atoms with Gasteiger partial charge in [0.05, 0.1) is 0 Å². The predicted octanol–water partition coefficient (Wildman–Crippen LogP) is 0.559. The van der Waals surface area contributed by atoms with Crippen LogP contribution in [0.1, 0.15) is 12.8 Å². The zero-order valence-electron chi connectivity index (χ0n) is 9.33. The molecule has 1 rings (SSSR count). The molecule has 4 heteroatoms. The summed E-state index contributed by atoms with van der Waals surface area (Å²) in [6.45, 7) is 7.04. The van der Waals surface area contributed by atoms with Crippen LogP contribution in [0.2, 0.25) is 0 Å². The topological polar surface area (TPSA) is 52.6 Å². The van der Waals surface area contributed by atoms with Gasteiger partial charge < -0.3 is 10.4 Å². The Balaban J connectivity index is 2.36. The van der Waals surface area contributed by atoms with Crippen molar-refractivity contribution in [3.05, 3.63) is 12.2 Å². The largest absolute Gasteiger partial charge is 0.478 e. The zero-order valence-corrected chi connectivity index (χ0v) is 9.33. The first kappa shape index (κ1) is 12.2. The summed E-state index contributed by atoms with van der Waals surface area (Å²) in [5.41, 5.74) is 0.292. The molecule has 0 amide bonds. The van der Waals surface area contributed by atoms with Crippen LogP contribution in [0.3, 0.4) is 0 Å². The second kappa shape index (κ2) is 5.88. The van der Waals surface area contributed by atoms with E-state index in [1.165, 1.54) is 6.42 Å². The van der Waals surface area contributed by atoms with Crippen LogP contribution in [-0.2, 0) is 4.79 Å². The minimum Gasteiger partial charge on any atom is -0.478 e. The number of nitrogens with one attached hydrogen (secondary N) is 1. The molecule has 1 heterocycles. The predicted molar refractivity (Wildman–Crippen MR) is 59.9 cm³/mol. The van der Waals surface area contributed by atoms with Gasteiger partial charge in [0.25, 0.3) is 0 Å². The molecule has 0 aromatic heterocycles. The summed E-state index contributed by atoms with van der Waals surface area (Å²) in [6.07, 6.45) is 2.39. The van der Waals surface area contributed by atoms with Crippen molar-refractivity contribution in [3.8, 4) is 0 Å².